The van der Waals surface area contributed by atoms with Gasteiger partial charge in [-0.15, -0.1) is 0 Å². The van der Waals surface area contributed by atoms with Gasteiger partial charge in [-0.3, -0.25) is 0 Å². The molecule has 0 heterocycles. The van der Waals surface area contributed by atoms with E-state index in [-0.39, 0.29) is 0 Å². The Labute approximate surface area is 63.0 Å². The van der Waals surface area contributed by atoms with E-state index in [1.165, 1.54) is 0 Å². The van der Waals surface area contributed by atoms with Crippen molar-refractivity contribution >= 4 is 24.0 Å². The van der Waals surface area contributed by atoms with Crippen molar-refractivity contribution in [1.82, 2.24) is 0 Å². The molecule has 0 aromatic heterocycles. The zero-order valence-corrected chi connectivity index (χ0v) is 7.64. The van der Waals surface area contributed by atoms with Gasteiger partial charge in [0, 0.05) is 0 Å². The van der Waals surface area contributed by atoms with Gasteiger partial charge in [-0.2, -0.15) is 0 Å². The first-order chi connectivity index (χ1) is 3.77. The van der Waals surface area contributed by atoms with E-state index in [1.807, 2.05) is 10.7 Å². The van der Waals surface area contributed by atoms with Crippen molar-refractivity contribution in [2.45, 2.75) is 12.8 Å². The maximum atomic E-state index is 5.53. The van der Waals surface area contributed by atoms with Gasteiger partial charge in [0.05, 0.1) is 0 Å². The fourth-order valence-corrected chi connectivity index (χ4v) is 1.84. The van der Waals surface area contributed by atoms with Crippen LogP contribution in [0.1, 0.15) is 12.8 Å². The Balaban J connectivity index is 3.15. The van der Waals surface area contributed by atoms with E-state index in [0.29, 0.717) is 0 Å². The molecule has 0 unspecified atom stereocenters. The van der Waals surface area contributed by atoms with Crippen LogP contribution in [-0.2, 0) is 13.5 Å². The second-order valence-corrected chi connectivity index (χ2v) is 7.15. The summed E-state index contributed by atoms with van der Waals surface area (Å²) in [5.74, 6) is 0. The Bertz CT molecular complexity index is 94.6. The van der Waals surface area contributed by atoms with Crippen LogP contribution in [0.3, 0.4) is 0 Å². The van der Waals surface area contributed by atoms with Gasteiger partial charge in [0.25, 0.3) is 0 Å². The predicted molar refractivity (Wildman–Crippen MR) is 37.2 cm³/mol. The van der Waals surface area contributed by atoms with Gasteiger partial charge in [-0.25, -0.2) is 0 Å². The molecular formula is C5H8Cl2Ru. The maximum absolute atomic E-state index is 5.53. The molecular weight excluding hydrogens is 232 g/mol. The third kappa shape index (κ3) is 6.81. The number of unbranched alkanes of at least 4 members (excludes halogenated alkanes) is 1. The quantitative estimate of drug-likeness (QED) is 0.404. The monoisotopic (exact) mass is 240 g/mol. The average molecular weight is 240 g/mol. The van der Waals surface area contributed by atoms with E-state index >= 15 is 0 Å². The van der Waals surface area contributed by atoms with Gasteiger partial charge in [0.1, 0.15) is 0 Å². The van der Waals surface area contributed by atoms with E-state index in [2.05, 4.69) is 6.58 Å². The fourth-order valence-electron chi connectivity index (χ4n) is 0.254. The fraction of sp³-hybridized carbons (Fsp3) is 0.400. The van der Waals surface area contributed by atoms with E-state index in [1.54, 1.807) is 0 Å². The molecule has 0 bridgehead atoms. The van der Waals surface area contributed by atoms with Crippen molar-refractivity contribution in [2.24, 2.45) is 0 Å². The SMILES string of the molecule is C=CCC[CH]=[Ru]([Cl])[Cl]. The molecule has 0 nitrogen and oxygen atoms in total. The molecule has 0 aromatic carbocycles. The molecule has 0 aliphatic carbocycles. The average Bonchev–Trinajstić information content (AvgIpc) is 1.66. The molecule has 0 fully saturated rings. The van der Waals surface area contributed by atoms with Crippen molar-refractivity contribution in [2.75, 3.05) is 0 Å². The number of hydrogen-bond acceptors (Lipinski definition) is 0. The third-order valence-electron chi connectivity index (χ3n) is 0.582. The summed E-state index contributed by atoms with van der Waals surface area (Å²) in [7, 11) is 11.1. The molecule has 0 saturated heterocycles. The second-order valence-electron chi connectivity index (χ2n) is 1.22. The van der Waals surface area contributed by atoms with Gasteiger partial charge < -0.3 is 0 Å². The standard InChI is InChI=1S/C5H8.2ClH.Ru/c1-3-5-4-2;;;/h1,4H,2-3,5H2;2*1H;/q;;;+2/p-2. The van der Waals surface area contributed by atoms with Crippen LogP contribution in [0.2, 0.25) is 0 Å². The molecule has 50 valence electrons. The van der Waals surface area contributed by atoms with Crippen LogP contribution in [0.25, 0.3) is 0 Å². The topological polar surface area (TPSA) is 0 Å². The molecule has 0 aromatic rings. The Morgan fingerprint density at radius 3 is 2.38 bits per heavy atom. The van der Waals surface area contributed by atoms with E-state index in [0.717, 1.165) is 12.8 Å². The molecule has 3 heteroatoms. The minimum atomic E-state index is -1.47. The molecule has 0 rings (SSSR count). The van der Waals surface area contributed by atoms with Gasteiger partial charge in [0.15, 0.2) is 0 Å². The summed E-state index contributed by atoms with van der Waals surface area (Å²) in [6.45, 7) is 3.57. The number of rotatable bonds is 3. The van der Waals surface area contributed by atoms with Crippen LogP contribution in [0.5, 0.6) is 0 Å². The summed E-state index contributed by atoms with van der Waals surface area (Å²) in [6, 6.07) is 0. The molecule has 0 spiro atoms. The molecule has 8 heavy (non-hydrogen) atoms. The van der Waals surface area contributed by atoms with Gasteiger partial charge in [-0.1, -0.05) is 0 Å². The number of halogens is 2. The van der Waals surface area contributed by atoms with E-state index in [4.69, 9.17) is 19.4 Å². The Morgan fingerprint density at radius 1 is 1.38 bits per heavy atom. The van der Waals surface area contributed by atoms with Crippen LogP contribution < -0.4 is 0 Å². The van der Waals surface area contributed by atoms with Gasteiger partial charge in [-0.05, 0) is 0 Å². The van der Waals surface area contributed by atoms with Crippen LogP contribution >= 0.6 is 19.4 Å². The van der Waals surface area contributed by atoms with Crippen LogP contribution in [-0.4, -0.2) is 4.61 Å². The summed E-state index contributed by atoms with van der Waals surface area (Å²) < 4.78 is 1.98. The van der Waals surface area contributed by atoms with Crippen LogP contribution in [0, 0.1) is 0 Å². The summed E-state index contributed by atoms with van der Waals surface area (Å²) in [5, 5.41) is 0. The zero-order chi connectivity index (χ0) is 6.41. The first kappa shape index (κ1) is 8.81. The first-order valence-electron chi connectivity index (χ1n) is 2.20. The van der Waals surface area contributed by atoms with Crippen molar-refractivity contribution in [3.63, 3.8) is 0 Å². The molecule has 0 amide bonds. The van der Waals surface area contributed by atoms with Crippen molar-refractivity contribution < 1.29 is 13.5 Å². The minimum absolute atomic E-state index is 0.982. The summed E-state index contributed by atoms with van der Waals surface area (Å²) in [4.78, 5) is 0. The normalized spacial score (nSPS) is 10.5. The molecule has 0 atom stereocenters. The summed E-state index contributed by atoms with van der Waals surface area (Å²) >= 11 is -1.47. The third-order valence-corrected chi connectivity index (χ3v) is 2.91. The summed E-state index contributed by atoms with van der Waals surface area (Å²) in [6.07, 6.45) is 3.83. The van der Waals surface area contributed by atoms with Crippen LogP contribution in [0.4, 0.5) is 0 Å². The first-order valence-corrected chi connectivity index (χ1v) is 7.68. The molecule has 0 saturated carbocycles. The molecule has 0 radical (unpaired) electrons. The van der Waals surface area contributed by atoms with Crippen LogP contribution in [0.15, 0.2) is 12.7 Å². The summed E-state index contributed by atoms with van der Waals surface area (Å²) in [5.41, 5.74) is 0. The molecule has 0 aliphatic heterocycles. The van der Waals surface area contributed by atoms with E-state index < -0.39 is 13.5 Å². The molecule has 0 N–H and O–H groups in total. The Kier molecular flexibility index (Phi) is 6.55. The predicted octanol–water partition coefficient (Wildman–Crippen LogP) is 2.68. The van der Waals surface area contributed by atoms with Crippen molar-refractivity contribution in [3.8, 4) is 0 Å². The van der Waals surface area contributed by atoms with Crippen molar-refractivity contribution in [1.29, 1.82) is 0 Å². The van der Waals surface area contributed by atoms with Gasteiger partial charge in [0.2, 0.25) is 0 Å². The Hall–Kier alpha value is 0.813. The molecule has 0 aliphatic rings. The van der Waals surface area contributed by atoms with Crippen molar-refractivity contribution in [3.05, 3.63) is 12.7 Å². The van der Waals surface area contributed by atoms with E-state index in [9.17, 15) is 0 Å². The number of hydrogen-bond donors (Lipinski definition) is 0. The number of allylic oxidation sites excluding steroid dienone is 1. The second kappa shape index (κ2) is 5.94. The van der Waals surface area contributed by atoms with Gasteiger partial charge >= 0.3 is 63.0 Å². The Morgan fingerprint density at radius 2 is 2.00 bits per heavy atom. The zero-order valence-electron chi connectivity index (χ0n) is 4.39.